The molecule has 1 N–H and O–H groups in total. The molecule has 1 saturated heterocycles. The van der Waals surface area contributed by atoms with E-state index >= 15 is 0 Å². The van der Waals surface area contributed by atoms with Crippen LogP contribution >= 0.6 is 0 Å². The van der Waals surface area contributed by atoms with Crippen LogP contribution in [-0.2, 0) is 9.59 Å². The van der Waals surface area contributed by atoms with Crippen LogP contribution in [0, 0.1) is 5.82 Å². The monoisotopic (exact) mass is 341 g/mol. The summed E-state index contributed by atoms with van der Waals surface area (Å²) in [5.41, 5.74) is 1.62. The molecule has 6 heteroatoms. The summed E-state index contributed by atoms with van der Waals surface area (Å²) < 4.78 is 13.0. The van der Waals surface area contributed by atoms with Gasteiger partial charge in [-0.15, -0.1) is 0 Å². The van der Waals surface area contributed by atoms with Gasteiger partial charge in [0.05, 0.1) is 0 Å². The van der Waals surface area contributed by atoms with Crippen LogP contribution in [0.3, 0.4) is 0 Å². The Morgan fingerprint density at radius 2 is 1.56 bits per heavy atom. The number of amides is 2. The third kappa shape index (κ3) is 4.56. The van der Waals surface area contributed by atoms with Crippen LogP contribution in [-0.4, -0.2) is 42.9 Å². The maximum Gasteiger partial charge on any atom is 0.233 e. The smallest absolute Gasteiger partial charge is 0.233 e. The molecule has 3 rings (SSSR count). The van der Waals surface area contributed by atoms with Crippen LogP contribution in [0.1, 0.15) is 6.42 Å². The van der Waals surface area contributed by atoms with E-state index in [9.17, 15) is 14.0 Å². The fourth-order valence-corrected chi connectivity index (χ4v) is 2.84. The van der Waals surface area contributed by atoms with E-state index in [1.165, 1.54) is 12.1 Å². The van der Waals surface area contributed by atoms with Crippen molar-refractivity contribution in [2.24, 2.45) is 0 Å². The van der Waals surface area contributed by atoms with Gasteiger partial charge in [0.2, 0.25) is 11.8 Å². The SMILES string of the molecule is O=C(CC(=O)N1CCN(c2ccc(F)cc2)CC1)Nc1ccccc1. The first-order valence-electron chi connectivity index (χ1n) is 8.25. The van der Waals surface area contributed by atoms with E-state index in [0.717, 1.165) is 5.69 Å². The zero-order chi connectivity index (χ0) is 17.6. The van der Waals surface area contributed by atoms with Crippen LogP contribution in [0.25, 0.3) is 0 Å². The first kappa shape index (κ1) is 17.0. The third-order valence-electron chi connectivity index (χ3n) is 4.19. The number of para-hydroxylation sites is 1. The lowest BCUT2D eigenvalue weighted by Crippen LogP contribution is -2.49. The van der Waals surface area contributed by atoms with Gasteiger partial charge in [-0.05, 0) is 36.4 Å². The number of rotatable bonds is 4. The number of carbonyl (C=O) groups is 2. The van der Waals surface area contributed by atoms with Gasteiger partial charge in [0.15, 0.2) is 0 Å². The number of anilines is 2. The molecule has 2 aromatic carbocycles. The fraction of sp³-hybridized carbons (Fsp3) is 0.263. The standard InChI is InChI=1S/C19H20FN3O2/c20-15-6-8-17(9-7-15)22-10-12-23(13-11-22)19(25)14-18(24)21-16-4-2-1-3-5-16/h1-9H,10-14H2,(H,21,24). The van der Waals surface area contributed by atoms with E-state index in [0.29, 0.717) is 31.9 Å². The second kappa shape index (κ2) is 7.79. The van der Waals surface area contributed by atoms with Gasteiger partial charge in [0.25, 0.3) is 0 Å². The van der Waals surface area contributed by atoms with Crippen molar-refractivity contribution >= 4 is 23.2 Å². The summed E-state index contributed by atoms with van der Waals surface area (Å²) in [6, 6.07) is 15.4. The predicted octanol–water partition coefficient (Wildman–Crippen LogP) is 2.50. The minimum absolute atomic E-state index is 0.161. The average molecular weight is 341 g/mol. The Morgan fingerprint density at radius 3 is 2.20 bits per heavy atom. The number of nitrogens with one attached hydrogen (secondary N) is 1. The molecule has 1 heterocycles. The molecule has 5 nitrogen and oxygen atoms in total. The molecule has 0 unspecified atom stereocenters. The third-order valence-corrected chi connectivity index (χ3v) is 4.19. The van der Waals surface area contributed by atoms with Crippen molar-refractivity contribution in [3.8, 4) is 0 Å². The summed E-state index contributed by atoms with van der Waals surface area (Å²) in [4.78, 5) is 28.1. The Bertz CT molecular complexity index is 726. The normalized spacial score (nSPS) is 14.3. The minimum Gasteiger partial charge on any atom is -0.368 e. The number of halogens is 1. The Kier molecular flexibility index (Phi) is 5.28. The second-order valence-electron chi connectivity index (χ2n) is 5.94. The molecule has 2 aromatic rings. The van der Waals surface area contributed by atoms with Gasteiger partial charge in [0.1, 0.15) is 12.2 Å². The topological polar surface area (TPSA) is 52.7 Å². The van der Waals surface area contributed by atoms with Gasteiger partial charge in [-0.2, -0.15) is 0 Å². The number of nitrogens with zero attached hydrogens (tertiary/aromatic N) is 2. The molecule has 0 aromatic heterocycles. The van der Waals surface area contributed by atoms with Gasteiger partial charge < -0.3 is 15.1 Å². The lowest BCUT2D eigenvalue weighted by atomic mass is 10.2. The molecule has 1 aliphatic rings. The molecule has 0 bridgehead atoms. The summed E-state index contributed by atoms with van der Waals surface area (Å²) in [5, 5.41) is 2.72. The molecular formula is C19H20FN3O2. The van der Waals surface area contributed by atoms with E-state index in [-0.39, 0.29) is 24.1 Å². The highest BCUT2D eigenvalue weighted by Gasteiger charge is 2.23. The van der Waals surface area contributed by atoms with Gasteiger partial charge in [-0.3, -0.25) is 9.59 Å². The summed E-state index contributed by atoms with van der Waals surface area (Å²) >= 11 is 0. The maximum atomic E-state index is 13.0. The van der Waals surface area contributed by atoms with E-state index < -0.39 is 0 Å². The lowest BCUT2D eigenvalue weighted by molar-refractivity contribution is -0.134. The molecular weight excluding hydrogens is 321 g/mol. The molecule has 0 aliphatic carbocycles. The molecule has 0 atom stereocenters. The van der Waals surface area contributed by atoms with E-state index in [1.807, 2.05) is 18.2 Å². The van der Waals surface area contributed by atoms with Crippen LogP contribution in [0.2, 0.25) is 0 Å². The highest BCUT2D eigenvalue weighted by atomic mass is 19.1. The number of hydrogen-bond acceptors (Lipinski definition) is 3. The molecule has 0 spiro atoms. The van der Waals surface area contributed by atoms with Crippen LogP contribution in [0.15, 0.2) is 54.6 Å². The number of carbonyl (C=O) groups excluding carboxylic acids is 2. The van der Waals surface area contributed by atoms with Crippen molar-refractivity contribution in [3.63, 3.8) is 0 Å². The Balaban J connectivity index is 1.48. The van der Waals surface area contributed by atoms with Crippen molar-refractivity contribution in [1.82, 2.24) is 4.90 Å². The zero-order valence-electron chi connectivity index (χ0n) is 13.8. The Hall–Kier alpha value is -2.89. The minimum atomic E-state index is -0.308. The number of hydrogen-bond donors (Lipinski definition) is 1. The molecule has 2 amide bonds. The number of piperazine rings is 1. The summed E-state index contributed by atoms with van der Waals surface area (Å²) in [7, 11) is 0. The van der Waals surface area contributed by atoms with Crippen molar-refractivity contribution in [2.75, 3.05) is 36.4 Å². The first-order chi connectivity index (χ1) is 12.1. The highest BCUT2D eigenvalue weighted by molar-refractivity contribution is 6.03. The van der Waals surface area contributed by atoms with Crippen LogP contribution in [0.5, 0.6) is 0 Å². The second-order valence-corrected chi connectivity index (χ2v) is 5.94. The van der Waals surface area contributed by atoms with Gasteiger partial charge in [0, 0.05) is 37.6 Å². The van der Waals surface area contributed by atoms with Gasteiger partial charge >= 0.3 is 0 Å². The molecule has 1 fully saturated rings. The van der Waals surface area contributed by atoms with E-state index in [4.69, 9.17) is 0 Å². The fourth-order valence-electron chi connectivity index (χ4n) is 2.84. The maximum absolute atomic E-state index is 13.0. The Morgan fingerprint density at radius 1 is 0.920 bits per heavy atom. The average Bonchev–Trinajstić information content (AvgIpc) is 2.63. The van der Waals surface area contributed by atoms with Crippen molar-refractivity contribution in [1.29, 1.82) is 0 Å². The lowest BCUT2D eigenvalue weighted by Gasteiger charge is -2.36. The van der Waals surface area contributed by atoms with Crippen molar-refractivity contribution in [3.05, 3.63) is 60.4 Å². The predicted molar refractivity (Wildman–Crippen MR) is 94.9 cm³/mol. The molecule has 0 radical (unpaired) electrons. The molecule has 25 heavy (non-hydrogen) atoms. The summed E-state index contributed by atoms with van der Waals surface area (Å²) in [6.45, 7) is 2.43. The summed E-state index contributed by atoms with van der Waals surface area (Å²) in [6.07, 6.45) is -0.161. The van der Waals surface area contributed by atoms with Crippen LogP contribution < -0.4 is 10.2 Å². The van der Waals surface area contributed by atoms with Crippen LogP contribution in [0.4, 0.5) is 15.8 Å². The highest BCUT2D eigenvalue weighted by Crippen LogP contribution is 2.17. The van der Waals surface area contributed by atoms with Crippen molar-refractivity contribution in [2.45, 2.75) is 6.42 Å². The largest absolute Gasteiger partial charge is 0.368 e. The molecule has 130 valence electrons. The number of benzene rings is 2. The quantitative estimate of drug-likeness (QED) is 0.870. The van der Waals surface area contributed by atoms with Gasteiger partial charge in [-0.25, -0.2) is 4.39 Å². The first-order valence-corrected chi connectivity index (χ1v) is 8.25. The zero-order valence-corrected chi connectivity index (χ0v) is 13.8. The summed E-state index contributed by atoms with van der Waals surface area (Å²) in [5.74, 6) is -0.744. The Labute approximate surface area is 146 Å². The van der Waals surface area contributed by atoms with E-state index in [1.54, 1.807) is 29.2 Å². The van der Waals surface area contributed by atoms with Crippen molar-refractivity contribution < 1.29 is 14.0 Å². The van der Waals surface area contributed by atoms with E-state index in [2.05, 4.69) is 10.2 Å². The molecule has 1 aliphatic heterocycles. The van der Waals surface area contributed by atoms with Gasteiger partial charge in [-0.1, -0.05) is 18.2 Å². The molecule has 0 saturated carbocycles.